The van der Waals surface area contributed by atoms with E-state index < -0.39 is 24.4 Å². The van der Waals surface area contributed by atoms with Crippen molar-refractivity contribution in [3.05, 3.63) is 34.9 Å². The lowest BCUT2D eigenvalue weighted by Crippen LogP contribution is -2.38. The molecule has 1 aliphatic heterocycles. The van der Waals surface area contributed by atoms with Crippen LogP contribution in [0.1, 0.15) is 24.8 Å². The van der Waals surface area contributed by atoms with Gasteiger partial charge in [0.2, 0.25) is 5.91 Å². The topological polar surface area (TPSA) is 90.8 Å². The fraction of sp³-hybridized carbons (Fsp3) is 0.588. The van der Waals surface area contributed by atoms with Crippen molar-refractivity contribution in [2.45, 2.75) is 56.3 Å². The van der Waals surface area contributed by atoms with Gasteiger partial charge in [-0.3, -0.25) is 4.79 Å². The van der Waals surface area contributed by atoms with Gasteiger partial charge < -0.3 is 25.6 Å². The van der Waals surface area contributed by atoms with E-state index in [0.717, 1.165) is 18.4 Å². The molecule has 0 unspecified atom stereocenters. The first-order valence-corrected chi connectivity index (χ1v) is 8.67. The summed E-state index contributed by atoms with van der Waals surface area (Å²) in [4.78, 5) is 11.8. The SMILES string of the molecule is O=C(C[C@@H]1O[C@@H](CNCc2cccc(Cl)c2)[C@@H](O)[C@H]1O)NC1CC1. The fourth-order valence-electron chi connectivity index (χ4n) is 2.87. The highest BCUT2D eigenvalue weighted by Gasteiger charge is 2.43. The lowest BCUT2D eigenvalue weighted by molar-refractivity contribution is -0.125. The van der Waals surface area contributed by atoms with Crippen molar-refractivity contribution >= 4 is 17.5 Å². The molecule has 1 aromatic rings. The Bertz CT molecular complexity index is 581. The van der Waals surface area contributed by atoms with Crippen molar-refractivity contribution in [3.8, 4) is 0 Å². The van der Waals surface area contributed by atoms with Gasteiger partial charge >= 0.3 is 0 Å². The number of hydrogen-bond acceptors (Lipinski definition) is 5. The highest BCUT2D eigenvalue weighted by atomic mass is 35.5. The molecule has 132 valence electrons. The first-order chi connectivity index (χ1) is 11.5. The summed E-state index contributed by atoms with van der Waals surface area (Å²) in [5.74, 6) is -0.138. The summed E-state index contributed by atoms with van der Waals surface area (Å²) in [7, 11) is 0. The Morgan fingerprint density at radius 2 is 2.00 bits per heavy atom. The van der Waals surface area contributed by atoms with E-state index in [1.54, 1.807) is 0 Å². The summed E-state index contributed by atoms with van der Waals surface area (Å²) in [5, 5.41) is 26.9. The van der Waals surface area contributed by atoms with Crippen LogP contribution in [0.15, 0.2) is 24.3 Å². The van der Waals surface area contributed by atoms with E-state index in [-0.39, 0.29) is 18.4 Å². The number of aliphatic hydroxyl groups is 2. The van der Waals surface area contributed by atoms with E-state index in [9.17, 15) is 15.0 Å². The molecule has 1 heterocycles. The van der Waals surface area contributed by atoms with Gasteiger partial charge in [-0.25, -0.2) is 0 Å². The minimum absolute atomic E-state index is 0.0690. The molecule has 24 heavy (non-hydrogen) atoms. The molecular formula is C17H23ClN2O4. The van der Waals surface area contributed by atoms with Crippen LogP contribution in [0.5, 0.6) is 0 Å². The Hall–Kier alpha value is -1.18. The molecule has 1 saturated carbocycles. The largest absolute Gasteiger partial charge is 0.388 e. The molecule has 1 aromatic carbocycles. The first kappa shape index (κ1) is 17.6. The van der Waals surface area contributed by atoms with Crippen LogP contribution in [0.3, 0.4) is 0 Å². The maximum absolute atomic E-state index is 11.8. The zero-order valence-corrected chi connectivity index (χ0v) is 14.1. The molecule has 4 atom stereocenters. The lowest BCUT2D eigenvalue weighted by atomic mass is 10.1. The number of rotatable bonds is 7. The smallest absolute Gasteiger partial charge is 0.222 e. The van der Waals surface area contributed by atoms with Crippen LogP contribution >= 0.6 is 11.6 Å². The van der Waals surface area contributed by atoms with E-state index in [1.807, 2.05) is 24.3 Å². The Balaban J connectivity index is 1.44. The summed E-state index contributed by atoms with van der Waals surface area (Å²) >= 11 is 5.94. The van der Waals surface area contributed by atoms with Crippen LogP contribution in [-0.4, -0.2) is 53.1 Å². The van der Waals surface area contributed by atoms with Gasteiger partial charge in [-0.05, 0) is 30.5 Å². The van der Waals surface area contributed by atoms with Gasteiger partial charge in [-0.15, -0.1) is 0 Å². The van der Waals surface area contributed by atoms with Crippen LogP contribution < -0.4 is 10.6 Å². The van der Waals surface area contributed by atoms with Crippen LogP contribution in [0, 0.1) is 0 Å². The normalized spacial score (nSPS) is 29.6. The van der Waals surface area contributed by atoms with E-state index in [4.69, 9.17) is 16.3 Å². The van der Waals surface area contributed by atoms with Crippen molar-refractivity contribution in [2.24, 2.45) is 0 Å². The molecule has 1 saturated heterocycles. The number of carbonyl (C=O) groups is 1. The summed E-state index contributed by atoms with van der Waals surface area (Å²) < 4.78 is 5.67. The molecule has 0 spiro atoms. The van der Waals surface area contributed by atoms with Crippen molar-refractivity contribution in [3.63, 3.8) is 0 Å². The number of amides is 1. The molecule has 6 nitrogen and oxygen atoms in total. The van der Waals surface area contributed by atoms with Crippen LogP contribution in [0.4, 0.5) is 0 Å². The Kier molecular flexibility index (Phi) is 5.73. The second kappa shape index (κ2) is 7.80. The predicted molar refractivity (Wildman–Crippen MR) is 89.6 cm³/mol. The van der Waals surface area contributed by atoms with Crippen molar-refractivity contribution in [1.29, 1.82) is 0 Å². The fourth-order valence-corrected chi connectivity index (χ4v) is 3.08. The summed E-state index contributed by atoms with van der Waals surface area (Å²) in [6.45, 7) is 0.960. The number of benzene rings is 1. The molecule has 2 aliphatic rings. The first-order valence-electron chi connectivity index (χ1n) is 8.29. The molecule has 3 rings (SSSR count). The second-order valence-electron chi connectivity index (χ2n) is 6.50. The van der Waals surface area contributed by atoms with Gasteiger partial charge in [0.1, 0.15) is 12.2 Å². The van der Waals surface area contributed by atoms with E-state index in [0.29, 0.717) is 18.1 Å². The highest BCUT2D eigenvalue weighted by molar-refractivity contribution is 6.30. The minimum Gasteiger partial charge on any atom is -0.388 e. The van der Waals surface area contributed by atoms with E-state index in [2.05, 4.69) is 10.6 Å². The summed E-state index contributed by atoms with van der Waals surface area (Å²) in [6.07, 6.45) is -1.17. The Morgan fingerprint density at radius 1 is 1.25 bits per heavy atom. The quantitative estimate of drug-likeness (QED) is 0.575. The summed E-state index contributed by atoms with van der Waals surface area (Å²) in [5.41, 5.74) is 1.02. The third-order valence-electron chi connectivity index (χ3n) is 4.35. The third-order valence-corrected chi connectivity index (χ3v) is 4.59. The minimum atomic E-state index is -1.05. The van der Waals surface area contributed by atoms with E-state index >= 15 is 0 Å². The molecule has 0 aromatic heterocycles. The average Bonchev–Trinajstić information content (AvgIpc) is 3.31. The van der Waals surface area contributed by atoms with Crippen LogP contribution in [0.25, 0.3) is 0 Å². The standard InChI is InChI=1S/C17H23ClN2O4/c18-11-3-1-2-10(6-11)8-19-9-14-17(23)16(22)13(24-14)7-15(21)20-12-4-5-12/h1-3,6,12-14,16-17,19,22-23H,4-5,7-9H2,(H,20,21)/t13-,14-,16-,17+/m0/s1. The molecule has 1 aliphatic carbocycles. The molecule has 1 amide bonds. The number of carbonyl (C=O) groups excluding carboxylic acids is 1. The number of ether oxygens (including phenoxy) is 1. The van der Waals surface area contributed by atoms with Gasteiger partial charge in [-0.2, -0.15) is 0 Å². The van der Waals surface area contributed by atoms with E-state index in [1.165, 1.54) is 0 Å². The van der Waals surface area contributed by atoms with Crippen LogP contribution in [0.2, 0.25) is 5.02 Å². The van der Waals surface area contributed by atoms with Crippen molar-refractivity contribution in [2.75, 3.05) is 6.54 Å². The lowest BCUT2D eigenvalue weighted by Gasteiger charge is -2.15. The molecule has 4 N–H and O–H groups in total. The Morgan fingerprint density at radius 3 is 2.71 bits per heavy atom. The molecule has 0 bridgehead atoms. The number of halogens is 1. The zero-order chi connectivity index (χ0) is 17.1. The molecular weight excluding hydrogens is 332 g/mol. The van der Waals surface area contributed by atoms with Gasteiger partial charge in [0, 0.05) is 24.2 Å². The number of hydrogen-bond donors (Lipinski definition) is 4. The average molecular weight is 355 g/mol. The van der Waals surface area contributed by atoms with Crippen molar-refractivity contribution < 1.29 is 19.7 Å². The van der Waals surface area contributed by atoms with Gasteiger partial charge in [0.15, 0.2) is 0 Å². The molecule has 0 radical (unpaired) electrons. The number of aliphatic hydroxyl groups excluding tert-OH is 2. The predicted octanol–water partition coefficient (Wildman–Crippen LogP) is 0.587. The van der Waals surface area contributed by atoms with Crippen molar-refractivity contribution in [1.82, 2.24) is 10.6 Å². The maximum Gasteiger partial charge on any atom is 0.222 e. The molecule has 2 fully saturated rings. The second-order valence-corrected chi connectivity index (χ2v) is 6.94. The molecule has 7 heteroatoms. The monoisotopic (exact) mass is 354 g/mol. The van der Waals surface area contributed by atoms with Crippen LogP contribution in [-0.2, 0) is 16.1 Å². The van der Waals surface area contributed by atoms with Gasteiger partial charge in [0.05, 0.1) is 18.6 Å². The maximum atomic E-state index is 11.8. The summed E-state index contributed by atoms with van der Waals surface area (Å²) in [6, 6.07) is 7.77. The highest BCUT2D eigenvalue weighted by Crippen LogP contribution is 2.24. The zero-order valence-electron chi connectivity index (χ0n) is 13.3. The Labute approximate surface area is 146 Å². The number of nitrogens with one attached hydrogen (secondary N) is 2. The third kappa shape index (κ3) is 4.68. The van der Waals surface area contributed by atoms with Gasteiger partial charge in [0.25, 0.3) is 0 Å². The van der Waals surface area contributed by atoms with Gasteiger partial charge in [-0.1, -0.05) is 23.7 Å².